The monoisotopic (exact) mass is 778 g/mol. The molecule has 2 N–H and O–H groups in total. The van der Waals surface area contributed by atoms with E-state index in [2.05, 4.69) is 10.6 Å². The van der Waals surface area contributed by atoms with Crippen molar-refractivity contribution in [2.75, 3.05) is 0 Å². The minimum absolute atomic E-state index is 0.308. The van der Waals surface area contributed by atoms with Crippen LogP contribution in [0, 0.1) is 0 Å². The normalized spacial score (nSPS) is 16.0. The molecule has 0 aromatic heterocycles. The van der Waals surface area contributed by atoms with Gasteiger partial charge in [0.05, 0.1) is 21.0 Å². The first kappa shape index (κ1) is 46.0. The van der Waals surface area contributed by atoms with Crippen molar-refractivity contribution in [3.05, 3.63) is 71.8 Å². The predicted octanol–water partition coefficient (Wildman–Crippen LogP) is 8.72. The smallest absolute Gasteiger partial charge is 0.319 e. The molecule has 53 heavy (non-hydrogen) atoms. The van der Waals surface area contributed by atoms with Crippen LogP contribution in [0.1, 0.15) is 136 Å². The summed E-state index contributed by atoms with van der Waals surface area (Å²) in [4.78, 5) is 52.8. The Morgan fingerprint density at radius 2 is 0.830 bits per heavy atom. The van der Waals surface area contributed by atoms with Crippen molar-refractivity contribution in [1.82, 2.24) is 10.6 Å². The van der Waals surface area contributed by atoms with Crippen LogP contribution < -0.4 is 10.6 Å². The standard InChI is InChI=1S/C41H60Cl2N2O8/c1-13-40(42,14-2)34(52-36(5,6)7)38(11,44-32(48)28-23-19-17-20-24-28)50-30(46)27-31(47)51-39(12,45-33(49)29-25-21-18-22-26-29)35(53-37(8,9)10)41(43,15-3)16-4/h17-26,34-35H,13-16,27H2,1-12H3,(H,44,48)(H,45,49)/t34-,35-,38?,39?/m0/s1. The zero-order valence-electron chi connectivity index (χ0n) is 33.5. The number of esters is 2. The molecule has 2 unspecified atom stereocenters. The van der Waals surface area contributed by atoms with Crippen molar-refractivity contribution in [1.29, 1.82) is 0 Å². The minimum atomic E-state index is -1.87. The lowest BCUT2D eigenvalue weighted by Gasteiger charge is -2.47. The van der Waals surface area contributed by atoms with Gasteiger partial charge >= 0.3 is 11.9 Å². The zero-order valence-corrected chi connectivity index (χ0v) is 35.0. The molecule has 2 rings (SSSR count). The molecule has 12 heteroatoms. The highest BCUT2D eigenvalue weighted by molar-refractivity contribution is 6.24. The van der Waals surface area contributed by atoms with Crippen molar-refractivity contribution in [3.63, 3.8) is 0 Å². The summed E-state index contributed by atoms with van der Waals surface area (Å²) in [5, 5.41) is 5.69. The maximum Gasteiger partial charge on any atom is 0.319 e. The van der Waals surface area contributed by atoms with E-state index in [0.717, 1.165) is 0 Å². The fourth-order valence-electron chi connectivity index (χ4n) is 6.10. The quantitative estimate of drug-likeness (QED) is 0.0666. The van der Waals surface area contributed by atoms with Gasteiger partial charge < -0.3 is 29.6 Å². The Bertz CT molecular complexity index is 1400. The van der Waals surface area contributed by atoms with Crippen LogP contribution in [0.15, 0.2) is 60.7 Å². The molecule has 0 aliphatic rings. The number of nitrogens with one attached hydrogen (secondary N) is 2. The summed E-state index contributed by atoms with van der Waals surface area (Å²) < 4.78 is 25.1. The van der Waals surface area contributed by atoms with Crippen LogP contribution in [0.2, 0.25) is 0 Å². The van der Waals surface area contributed by atoms with Gasteiger partial charge in [0.2, 0.25) is 11.4 Å². The Hall–Kier alpha value is -3.18. The predicted molar refractivity (Wildman–Crippen MR) is 209 cm³/mol. The molecule has 0 aliphatic heterocycles. The van der Waals surface area contributed by atoms with Gasteiger partial charge in [0.15, 0.2) is 0 Å². The molecule has 0 spiro atoms. The molecule has 0 heterocycles. The molecule has 296 valence electrons. The Morgan fingerprint density at radius 3 is 1.08 bits per heavy atom. The third-order valence-electron chi connectivity index (χ3n) is 8.97. The Labute approximate surface area is 326 Å². The second-order valence-electron chi connectivity index (χ2n) is 15.7. The van der Waals surface area contributed by atoms with Crippen molar-refractivity contribution in [2.24, 2.45) is 0 Å². The first-order chi connectivity index (χ1) is 24.4. The average molecular weight is 780 g/mol. The average Bonchev–Trinajstić information content (AvgIpc) is 3.08. The maximum absolute atomic E-state index is 13.9. The van der Waals surface area contributed by atoms with Crippen molar-refractivity contribution in [3.8, 4) is 0 Å². The van der Waals surface area contributed by atoms with Gasteiger partial charge in [-0.05, 0) is 105 Å². The Kier molecular flexibility index (Phi) is 16.0. The van der Waals surface area contributed by atoms with Gasteiger partial charge in [-0.25, -0.2) is 0 Å². The lowest BCUT2D eigenvalue weighted by Crippen LogP contribution is -2.66. The Balaban J connectivity index is 2.60. The van der Waals surface area contributed by atoms with Crippen molar-refractivity contribution >= 4 is 47.0 Å². The number of carbonyl (C=O) groups is 4. The van der Waals surface area contributed by atoms with Gasteiger partial charge in [-0.15, -0.1) is 23.2 Å². The van der Waals surface area contributed by atoms with Gasteiger partial charge in [-0.2, -0.15) is 0 Å². The lowest BCUT2D eigenvalue weighted by atomic mass is 9.87. The van der Waals surface area contributed by atoms with Gasteiger partial charge in [-0.3, -0.25) is 19.2 Å². The van der Waals surface area contributed by atoms with Crippen LogP contribution in [0.5, 0.6) is 0 Å². The number of halogens is 2. The summed E-state index contributed by atoms with van der Waals surface area (Å²) in [6, 6.07) is 16.8. The lowest BCUT2D eigenvalue weighted by molar-refractivity contribution is -0.213. The molecular weight excluding hydrogens is 719 g/mol. The molecule has 2 aromatic carbocycles. The summed E-state index contributed by atoms with van der Waals surface area (Å²) in [5.74, 6) is -3.16. The highest BCUT2D eigenvalue weighted by Gasteiger charge is 2.54. The molecule has 0 saturated carbocycles. The SMILES string of the molecule is CCC(Cl)(CC)[C@@H](OC(C)(C)C)C(C)(NC(=O)c1ccccc1)OC(=O)CC(=O)OC(C)(NC(=O)c1ccccc1)[C@H](OC(C)(C)C)C(Cl)(CC)CC. The minimum Gasteiger partial charge on any atom is -0.436 e. The fraction of sp³-hybridized carbons (Fsp3) is 0.610. The summed E-state index contributed by atoms with van der Waals surface area (Å²) >= 11 is 14.4. The van der Waals surface area contributed by atoms with E-state index in [0.29, 0.717) is 36.8 Å². The summed E-state index contributed by atoms with van der Waals surface area (Å²) in [6.45, 7) is 21.4. The van der Waals surface area contributed by atoms with E-state index < -0.39 is 74.8 Å². The van der Waals surface area contributed by atoms with E-state index in [1.165, 1.54) is 13.8 Å². The van der Waals surface area contributed by atoms with Gasteiger partial charge in [0.25, 0.3) is 11.8 Å². The molecule has 0 radical (unpaired) electrons. The molecule has 0 bridgehead atoms. The van der Waals surface area contributed by atoms with Crippen LogP contribution in [0.4, 0.5) is 0 Å². The molecule has 0 fully saturated rings. The number of alkyl halides is 2. The second kappa shape index (κ2) is 18.4. The number of benzene rings is 2. The van der Waals surface area contributed by atoms with Crippen LogP contribution in [0.25, 0.3) is 0 Å². The number of rotatable bonds is 18. The van der Waals surface area contributed by atoms with E-state index in [-0.39, 0.29) is 0 Å². The van der Waals surface area contributed by atoms with Gasteiger partial charge in [0.1, 0.15) is 18.6 Å². The highest BCUT2D eigenvalue weighted by atomic mass is 35.5. The topological polar surface area (TPSA) is 129 Å². The first-order valence-electron chi connectivity index (χ1n) is 18.3. The Morgan fingerprint density at radius 1 is 0.547 bits per heavy atom. The number of ether oxygens (including phenoxy) is 4. The van der Waals surface area contributed by atoms with E-state index in [1.54, 1.807) is 60.7 Å². The van der Waals surface area contributed by atoms with Crippen LogP contribution >= 0.6 is 23.2 Å². The number of carbonyl (C=O) groups excluding carboxylic acids is 4. The molecule has 2 aromatic rings. The summed E-state index contributed by atoms with van der Waals surface area (Å²) in [5.41, 5.74) is -4.70. The third kappa shape index (κ3) is 13.0. The van der Waals surface area contributed by atoms with Crippen LogP contribution in [0.3, 0.4) is 0 Å². The van der Waals surface area contributed by atoms with Crippen molar-refractivity contribution in [2.45, 2.75) is 160 Å². The molecule has 0 aliphatic carbocycles. The highest BCUT2D eigenvalue weighted by Crippen LogP contribution is 2.41. The summed E-state index contributed by atoms with van der Waals surface area (Å²) in [7, 11) is 0. The van der Waals surface area contributed by atoms with E-state index in [4.69, 9.17) is 42.1 Å². The van der Waals surface area contributed by atoms with E-state index in [9.17, 15) is 19.2 Å². The number of hydrogen-bond donors (Lipinski definition) is 2. The van der Waals surface area contributed by atoms with E-state index in [1.807, 2.05) is 69.2 Å². The van der Waals surface area contributed by atoms with Crippen LogP contribution in [-0.4, -0.2) is 68.4 Å². The molecule has 4 atom stereocenters. The second-order valence-corrected chi connectivity index (χ2v) is 17.2. The number of hydrogen-bond acceptors (Lipinski definition) is 8. The summed E-state index contributed by atoms with van der Waals surface area (Å²) in [6.07, 6.45) is -1.48. The molecular formula is C41H60Cl2N2O8. The van der Waals surface area contributed by atoms with E-state index >= 15 is 0 Å². The number of amides is 2. The largest absolute Gasteiger partial charge is 0.436 e. The maximum atomic E-state index is 13.9. The van der Waals surface area contributed by atoms with Crippen LogP contribution in [-0.2, 0) is 28.5 Å². The molecule has 10 nitrogen and oxygen atoms in total. The zero-order chi connectivity index (χ0) is 40.5. The fourth-order valence-corrected chi connectivity index (χ4v) is 6.60. The third-order valence-corrected chi connectivity index (χ3v) is 10.4. The van der Waals surface area contributed by atoms with Gasteiger partial charge in [0, 0.05) is 11.1 Å². The molecule has 2 amide bonds. The first-order valence-corrected chi connectivity index (χ1v) is 19.1. The van der Waals surface area contributed by atoms with Gasteiger partial charge in [-0.1, -0.05) is 64.1 Å². The van der Waals surface area contributed by atoms with Crippen molar-refractivity contribution < 1.29 is 38.1 Å². The molecule has 0 saturated heterocycles.